The second-order valence-electron chi connectivity index (χ2n) is 3.56. The zero-order valence-corrected chi connectivity index (χ0v) is 9.58. The fraction of sp³-hybridized carbons (Fsp3) is 0.444. The molecule has 0 spiro atoms. The molecule has 11 heteroatoms. The number of ether oxygens (including phenoxy) is 1. The molecule has 0 aliphatic carbocycles. The molecule has 1 aromatic rings. The molecule has 0 radical (unpaired) electrons. The topological polar surface area (TPSA) is 72.3 Å². The van der Waals surface area contributed by atoms with E-state index in [0.29, 0.717) is 0 Å². The average molecular weight is 304 g/mol. The van der Waals surface area contributed by atoms with Gasteiger partial charge < -0.3 is 9.84 Å². The molecular weight excluding hydrogens is 298 g/mol. The predicted molar refractivity (Wildman–Crippen MR) is 50.3 cm³/mol. The number of halogens is 6. The third-order valence-corrected chi connectivity index (χ3v) is 1.87. The number of carboxylic acid groups (broad SMARTS) is 1. The maximum atomic E-state index is 12.2. The van der Waals surface area contributed by atoms with Crippen molar-refractivity contribution < 1.29 is 41.0 Å². The SMILES string of the molecule is Cc1cc(C(=O)O)nc(OC(C(F)(F)F)C(F)(F)F)n1. The monoisotopic (exact) mass is 304 g/mol. The van der Waals surface area contributed by atoms with Crippen molar-refractivity contribution in [3.63, 3.8) is 0 Å². The van der Waals surface area contributed by atoms with Crippen LogP contribution in [-0.2, 0) is 0 Å². The summed E-state index contributed by atoms with van der Waals surface area (Å²) in [5.41, 5.74) is -0.939. The van der Waals surface area contributed by atoms with Crippen molar-refractivity contribution in [1.29, 1.82) is 0 Å². The highest BCUT2D eigenvalue weighted by molar-refractivity contribution is 5.85. The van der Waals surface area contributed by atoms with Crippen LogP contribution in [0.3, 0.4) is 0 Å². The Morgan fingerprint density at radius 3 is 2.10 bits per heavy atom. The molecule has 0 unspecified atom stereocenters. The molecule has 0 aliphatic heterocycles. The van der Waals surface area contributed by atoms with Crippen LogP contribution in [0, 0.1) is 6.92 Å². The van der Waals surface area contributed by atoms with Gasteiger partial charge in [-0.05, 0) is 13.0 Å². The molecule has 0 aliphatic rings. The Morgan fingerprint density at radius 1 is 1.20 bits per heavy atom. The number of aromatic nitrogens is 2. The Labute approximate surface area is 107 Å². The van der Waals surface area contributed by atoms with Gasteiger partial charge in [0.2, 0.25) is 0 Å². The van der Waals surface area contributed by atoms with Crippen molar-refractivity contribution in [2.45, 2.75) is 25.4 Å². The van der Waals surface area contributed by atoms with E-state index in [1.165, 1.54) is 0 Å². The van der Waals surface area contributed by atoms with E-state index < -0.39 is 36.1 Å². The Hall–Kier alpha value is -2.07. The molecule has 0 aromatic carbocycles. The molecule has 0 saturated heterocycles. The highest BCUT2D eigenvalue weighted by atomic mass is 19.4. The molecule has 0 saturated carbocycles. The zero-order chi connectivity index (χ0) is 15.7. The largest absolute Gasteiger partial charge is 0.477 e. The lowest BCUT2D eigenvalue weighted by Crippen LogP contribution is -2.47. The average Bonchev–Trinajstić information content (AvgIpc) is 2.22. The smallest absolute Gasteiger partial charge is 0.434 e. The molecule has 0 atom stereocenters. The van der Waals surface area contributed by atoms with E-state index in [-0.39, 0.29) is 5.69 Å². The van der Waals surface area contributed by atoms with Crippen molar-refractivity contribution in [1.82, 2.24) is 9.97 Å². The lowest BCUT2D eigenvalue weighted by molar-refractivity contribution is -0.301. The second-order valence-corrected chi connectivity index (χ2v) is 3.56. The van der Waals surface area contributed by atoms with Crippen LogP contribution >= 0.6 is 0 Å². The summed E-state index contributed by atoms with van der Waals surface area (Å²) >= 11 is 0. The van der Waals surface area contributed by atoms with Crippen LogP contribution < -0.4 is 4.74 Å². The first kappa shape index (κ1) is 16.0. The van der Waals surface area contributed by atoms with Gasteiger partial charge in [-0.2, -0.15) is 31.3 Å². The highest BCUT2D eigenvalue weighted by Crippen LogP contribution is 2.35. The molecule has 0 bridgehead atoms. The third kappa shape index (κ3) is 3.96. The number of hydrogen-bond acceptors (Lipinski definition) is 4. The summed E-state index contributed by atoms with van der Waals surface area (Å²) in [6.45, 7) is 1.16. The van der Waals surface area contributed by atoms with E-state index in [0.717, 1.165) is 13.0 Å². The summed E-state index contributed by atoms with van der Waals surface area (Å²) in [5.74, 6) is -1.64. The van der Waals surface area contributed by atoms with Crippen molar-refractivity contribution in [2.75, 3.05) is 0 Å². The number of hydrogen-bond donors (Lipinski definition) is 1. The van der Waals surface area contributed by atoms with E-state index in [9.17, 15) is 31.1 Å². The fourth-order valence-corrected chi connectivity index (χ4v) is 1.13. The van der Waals surface area contributed by atoms with Crippen LogP contribution in [0.25, 0.3) is 0 Å². The summed E-state index contributed by atoms with van der Waals surface area (Å²) in [7, 11) is 0. The first-order valence-corrected chi connectivity index (χ1v) is 4.80. The minimum Gasteiger partial charge on any atom is -0.477 e. The maximum Gasteiger partial charge on any atom is 0.434 e. The number of nitrogens with zero attached hydrogens (tertiary/aromatic N) is 2. The van der Waals surface area contributed by atoms with Crippen molar-refractivity contribution in [2.24, 2.45) is 0 Å². The summed E-state index contributed by atoms with van der Waals surface area (Å²) in [5, 5.41) is 8.60. The summed E-state index contributed by atoms with van der Waals surface area (Å²) in [6.07, 6.45) is -15.6. The van der Waals surface area contributed by atoms with Crippen molar-refractivity contribution in [3.05, 3.63) is 17.5 Å². The lowest BCUT2D eigenvalue weighted by atomic mass is 10.3. The van der Waals surface area contributed by atoms with E-state index in [1.54, 1.807) is 0 Å². The van der Waals surface area contributed by atoms with Crippen LogP contribution in [-0.4, -0.2) is 39.5 Å². The number of alkyl halides is 6. The maximum absolute atomic E-state index is 12.2. The number of carbonyl (C=O) groups is 1. The van der Waals surface area contributed by atoms with Gasteiger partial charge in [0.05, 0.1) is 0 Å². The van der Waals surface area contributed by atoms with Gasteiger partial charge in [-0.3, -0.25) is 0 Å². The molecular formula is C9H6F6N2O3. The molecule has 1 N–H and O–H groups in total. The van der Waals surface area contributed by atoms with Gasteiger partial charge >= 0.3 is 24.3 Å². The van der Waals surface area contributed by atoms with E-state index >= 15 is 0 Å². The van der Waals surface area contributed by atoms with E-state index in [1.807, 2.05) is 0 Å². The Kier molecular flexibility index (Phi) is 4.10. The first-order chi connectivity index (χ1) is 8.91. The van der Waals surface area contributed by atoms with Crippen LogP contribution in [0.15, 0.2) is 6.07 Å². The standard InChI is InChI=1S/C9H6F6N2O3/c1-3-2-4(5(18)19)17-7(16-3)20-6(8(10,11)12)9(13,14)15/h2,6H,1H3,(H,18,19). The van der Waals surface area contributed by atoms with E-state index in [4.69, 9.17) is 5.11 Å². The van der Waals surface area contributed by atoms with Crippen LogP contribution in [0.5, 0.6) is 6.01 Å². The fourth-order valence-electron chi connectivity index (χ4n) is 1.13. The predicted octanol–water partition coefficient (Wildman–Crippen LogP) is 2.36. The minimum atomic E-state index is -5.74. The molecule has 0 amide bonds. The van der Waals surface area contributed by atoms with Gasteiger partial charge in [-0.25, -0.2) is 9.78 Å². The quantitative estimate of drug-likeness (QED) is 0.868. The minimum absolute atomic E-state index is 0.157. The molecule has 20 heavy (non-hydrogen) atoms. The highest BCUT2D eigenvalue weighted by Gasteiger charge is 2.59. The van der Waals surface area contributed by atoms with E-state index in [2.05, 4.69) is 14.7 Å². The molecule has 1 heterocycles. The summed E-state index contributed by atoms with van der Waals surface area (Å²) < 4.78 is 77.1. The van der Waals surface area contributed by atoms with Crippen molar-refractivity contribution in [3.8, 4) is 6.01 Å². The van der Waals surface area contributed by atoms with Gasteiger partial charge in [0.15, 0.2) is 5.69 Å². The second kappa shape index (κ2) is 5.13. The van der Waals surface area contributed by atoms with Gasteiger partial charge in [-0.1, -0.05) is 0 Å². The van der Waals surface area contributed by atoms with Gasteiger partial charge in [0.25, 0.3) is 6.10 Å². The zero-order valence-electron chi connectivity index (χ0n) is 9.58. The number of rotatable bonds is 3. The van der Waals surface area contributed by atoms with Crippen LogP contribution in [0.2, 0.25) is 0 Å². The molecule has 1 aromatic heterocycles. The number of carboxylic acids is 1. The van der Waals surface area contributed by atoms with Crippen molar-refractivity contribution >= 4 is 5.97 Å². The Morgan fingerprint density at radius 2 is 1.70 bits per heavy atom. The molecule has 0 fully saturated rings. The number of aromatic carboxylic acids is 1. The molecule has 5 nitrogen and oxygen atoms in total. The van der Waals surface area contributed by atoms with Gasteiger partial charge in [0.1, 0.15) is 0 Å². The van der Waals surface area contributed by atoms with Gasteiger partial charge in [0, 0.05) is 5.69 Å². The van der Waals surface area contributed by atoms with Gasteiger partial charge in [-0.15, -0.1) is 0 Å². The molecule has 112 valence electrons. The Bertz CT molecular complexity index is 499. The third-order valence-electron chi connectivity index (χ3n) is 1.87. The normalized spacial score (nSPS) is 12.6. The number of aryl methyl sites for hydroxylation is 1. The lowest BCUT2D eigenvalue weighted by Gasteiger charge is -2.22. The van der Waals surface area contributed by atoms with Crippen LogP contribution in [0.4, 0.5) is 26.3 Å². The molecule has 1 rings (SSSR count). The summed E-state index contributed by atoms with van der Waals surface area (Å²) in [4.78, 5) is 16.7. The van der Waals surface area contributed by atoms with Crippen LogP contribution in [0.1, 0.15) is 16.2 Å². The first-order valence-electron chi connectivity index (χ1n) is 4.80. The summed E-state index contributed by atoms with van der Waals surface area (Å²) in [6, 6.07) is -0.451. The Balaban J connectivity index is 3.15.